The van der Waals surface area contributed by atoms with Gasteiger partial charge in [-0.1, -0.05) is 132 Å². The van der Waals surface area contributed by atoms with Gasteiger partial charge in [0, 0.05) is 40.2 Å². The van der Waals surface area contributed by atoms with Crippen molar-refractivity contribution in [3.63, 3.8) is 0 Å². The minimum Gasteiger partial charge on any atom is -0.342 e. The first-order valence-electron chi connectivity index (χ1n) is 21.0. The van der Waals surface area contributed by atoms with Gasteiger partial charge in [-0.25, -0.2) is 4.98 Å². The van der Waals surface area contributed by atoms with Crippen molar-refractivity contribution in [3.8, 4) is 5.82 Å². The molecule has 3 aliphatic heterocycles. The Bertz CT molecular complexity index is 3030. The summed E-state index contributed by atoms with van der Waals surface area (Å²) in [5.74, 6) is 2.01. The summed E-state index contributed by atoms with van der Waals surface area (Å²) in [6.07, 6.45) is 1.97. The number of aromatic nitrogens is 2. The fourth-order valence-corrected chi connectivity index (χ4v) is 10.4. The summed E-state index contributed by atoms with van der Waals surface area (Å²) >= 11 is 0. The summed E-state index contributed by atoms with van der Waals surface area (Å²) in [4.78, 5) is 15.8. The summed E-state index contributed by atoms with van der Waals surface area (Å²) in [7, 11) is 0. The van der Waals surface area contributed by atoms with Gasteiger partial charge in [0.1, 0.15) is 17.7 Å². The van der Waals surface area contributed by atoms with E-state index < -0.39 is 0 Å². The Balaban J connectivity index is 1.15. The summed E-state index contributed by atoms with van der Waals surface area (Å²) in [5.41, 5.74) is 17.2. The van der Waals surface area contributed by atoms with Crippen molar-refractivity contribution >= 4 is 44.7 Å². The van der Waals surface area contributed by atoms with Crippen molar-refractivity contribution in [2.45, 2.75) is 77.9 Å². The quantitative estimate of drug-likeness (QED) is 0.179. The highest BCUT2D eigenvalue weighted by Gasteiger charge is 2.44. The van der Waals surface area contributed by atoms with Gasteiger partial charge >= 0.3 is 0 Å². The number of para-hydroxylation sites is 2. The average molecular weight is 768 g/mol. The first kappa shape index (κ1) is 35.7. The molecule has 5 heteroatoms. The number of aryl methyl sites for hydroxylation is 2. The molecule has 0 bridgehead atoms. The minimum absolute atomic E-state index is 0.0105. The molecule has 0 fully saturated rings. The molecule has 290 valence electrons. The van der Waals surface area contributed by atoms with Crippen LogP contribution in [-0.4, -0.2) is 20.3 Å². The van der Waals surface area contributed by atoms with Crippen molar-refractivity contribution in [1.82, 2.24) is 14.5 Å². The van der Waals surface area contributed by atoms with Crippen LogP contribution < -0.4 is 4.90 Å². The Kier molecular flexibility index (Phi) is 7.72. The monoisotopic (exact) mass is 767 g/mol. The number of anilines is 3. The van der Waals surface area contributed by atoms with Crippen LogP contribution in [0.3, 0.4) is 0 Å². The molecule has 3 aliphatic rings. The van der Waals surface area contributed by atoms with Crippen LogP contribution in [0.2, 0.25) is 0 Å². The second kappa shape index (κ2) is 12.8. The average Bonchev–Trinajstić information content (AvgIpc) is 3.90. The van der Waals surface area contributed by atoms with Crippen LogP contribution in [0.15, 0.2) is 151 Å². The number of benzene rings is 6. The molecule has 5 heterocycles. The summed E-state index contributed by atoms with van der Waals surface area (Å²) < 4.78 is 2.38. The van der Waals surface area contributed by atoms with E-state index in [0.29, 0.717) is 0 Å². The number of rotatable bonds is 4. The number of aliphatic imine (C=N–C) groups is 1. The molecule has 59 heavy (non-hydrogen) atoms. The molecule has 5 nitrogen and oxygen atoms in total. The smallest absolute Gasteiger partial charge is 0.137 e. The normalized spacial score (nSPS) is 17.8. The zero-order valence-electron chi connectivity index (χ0n) is 35.0. The first-order chi connectivity index (χ1) is 28.5. The Morgan fingerprint density at radius 3 is 2.22 bits per heavy atom. The fourth-order valence-electron chi connectivity index (χ4n) is 10.4. The molecule has 0 saturated heterocycles. The fraction of sp³-hybridized carbons (Fsp3) is 0.222. The number of hydrogen-bond donors (Lipinski definition) is 0. The van der Waals surface area contributed by atoms with E-state index in [-0.39, 0.29) is 22.9 Å². The zero-order valence-corrected chi connectivity index (χ0v) is 35.0. The number of pyridine rings is 1. The molecule has 0 saturated carbocycles. The third-order valence-corrected chi connectivity index (χ3v) is 13.4. The van der Waals surface area contributed by atoms with E-state index in [1.807, 2.05) is 6.20 Å². The lowest BCUT2D eigenvalue weighted by Gasteiger charge is -2.43. The van der Waals surface area contributed by atoms with E-state index in [0.717, 1.165) is 29.2 Å². The van der Waals surface area contributed by atoms with Crippen LogP contribution in [0.5, 0.6) is 0 Å². The van der Waals surface area contributed by atoms with Crippen LogP contribution in [0.25, 0.3) is 27.6 Å². The molecular weight excluding hydrogens is 719 g/mol. The maximum absolute atomic E-state index is 5.65. The second-order valence-electron chi connectivity index (χ2n) is 18.4. The van der Waals surface area contributed by atoms with Gasteiger partial charge < -0.3 is 9.80 Å². The van der Waals surface area contributed by atoms with Gasteiger partial charge in [0.2, 0.25) is 0 Å². The van der Waals surface area contributed by atoms with E-state index in [2.05, 4.69) is 202 Å². The molecule has 0 aliphatic carbocycles. The highest BCUT2D eigenvalue weighted by molar-refractivity contribution is 6.12. The minimum atomic E-state index is -0.251. The summed E-state index contributed by atoms with van der Waals surface area (Å²) in [6, 6.07) is 51.9. The Morgan fingerprint density at radius 1 is 0.644 bits per heavy atom. The molecule has 2 atom stereocenters. The topological polar surface area (TPSA) is 36.7 Å². The van der Waals surface area contributed by atoms with Crippen LogP contribution in [0.1, 0.15) is 96.8 Å². The molecule has 11 rings (SSSR count). The highest BCUT2D eigenvalue weighted by Crippen LogP contribution is 2.55. The maximum atomic E-state index is 5.65. The molecule has 0 radical (unpaired) electrons. The molecule has 0 unspecified atom stereocenters. The summed E-state index contributed by atoms with van der Waals surface area (Å²) in [6.45, 7) is 17.0. The Labute approximate surface area is 347 Å². The molecular formula is C54H49N5. The van der Waals surface area contributed by atoms with Gasteiger partial charge in [0.05, 0.1) is 28.5 Å². The summed E-state index contributed by atoms with van der Waals surface area (Å²) in [5, 5.41) is 2.47. The molecule has 0 amide bonds. The predicted molar refractivity (Wildman–Crippen MR) is 244 cm³/mol. The highest BCUT2D eigenvalue weighted by atomic mass is 15.3. The van der Waals surface area contributed by atoms with Crippen LogP contribution >= 0.6 is 0 Å². The second-order valence-corrected chi connectivity index (χ2v) is 18.4. The van der Waals surface area contributed by atoms with Crippen LogP contribution in [-0.2, 0) is 17.4 Å². The lowest BCUT2D eigenvalue weighted by molar-refractivity contribution is 0.341. The van der Waals surface area contributed by atoms with Crippen molar-refractivity contribution in [3.05, 3.63) is 196 Å². The van der Waals surface area contributed by atoms with E-state index in [9.17, 15) is 0 Å². The predicted octanol–water partition coefficient (Wildman–Crippen LogP) is 13.3. The SMILES string of the molecule is Cc1cc(C)c(N2c3ccccc3C(C)(C)c3cc4c5ccccc5n(-c5cc(C(C)(C)C)ccn5)c4cc32)cc1C1=N[C@H](c2ccccc2)[C@@H]2c3ccccc3CN12. The van der Waals surface area contributed by atoms with Gasteiger partial charge in [0.15, 0.2) is 0 Å². The van der Waals surface area contributed by atoms with Crippen LogP contribution in [0, 0.1) is 13.8 Å². The van der Waals surface area contributed by atoms with E-state index in [1.54, 1.807) is 0 Å². The van der Waals surface area contributed by atoms with Crippen molar-refractivity contribution < 1.29 is 0 Å². The van der Waals surface area contributed by atoms with Crippen molar-refractivity contribution in [2.24, 2.45) is 4.99 Å². The molecule has 6 aromatic carbocycles. The van der Waals surface area contributed by atoms with Crippen molar-refractivity contribution in [1.29, 1.82) is 0 Å². The van der Waals surface area contributed by atoms with Crippen LogP contribution in [0.4, 0.5) is 17.1 Å². The van der Waals surface area contributed by atoms with Gasteiger partial charge in [-0.15, -0.1) is 0 Å². The van der Waals surface area contributed by atoms with E-state index in [4.69, 9.17) is 9.98 Å². The van der Waals surface area contributed by atoms with Gasteiger partial charge in [0.25, 0.3) is 0 Å². The van der Waals surface area contributed by atoms with E-state index in [1.165, 1.54) is 77.9 Å². The standard InChI is InChI=1S/C54H49N5/c1-33-27-34(2)46(30-40(33)52-56-50(35-17-9-8-10-18-35)51-38-20-12-11-19-36(38)32-57(51)52)58-45-24-16-14-22-42(45)54(6,7)43-29-41-39-21-13-15-23-44(39)59(47(41)31-48(43)58)49-28-37(25-26-55-49)53(3,4)5/h8-31,50-51H,32H2,1-7H3/t50-,51+/m1/s1. The maximum Gasteiger partial charge on any atom is 0.137 e. The van der Waals surface area contributed by atoms with Gasteiger partial charge in [-0.2, -0.15) is 0 Å². The third kappa shape index (κ3) is 5.30. The Morgan fingerprint density at radius 2 is 1.39 bits per heavy atom. The lowest BCUT2D eigenvalue weighted by atomic mass is 9.73. The molecule has 0 N–H and O–H groups in total. The third-order valence-electron chi connectivity index (χ3n) is 13.4. The van der Waals surface area contributed by atoms with Gasteiger partial charge in [-0.05, 0) is 106 Å². The number of amidine groups is 1. The first-order valence-corrected chi connectivity index (χ1v) is 21.0. The molecule has 2 aromatic heterocycles. The zero-order chi connectivity index (χ0) is 40.4. The van der Waals surface area contributed by atoms with Crippen molar-refractivity contribution in [2.75, 3.05) is 4.90 Å². The van der Waals surface area contributed by atoms with Gasteiger partial charge in [-0.3, -0.25) is 9.56 Å². The molecule has 8 aromatic rings. The lowest BCUT2D eigenvalue weighted by Crippen LogP contribution is -2.31. The number of nitrogens with zero attached hydrogens (tertiary/aromatic N) is 5. The number of fused-ring (bicyclic) bond motifs is 8. The Hall–Kier alpha value is -6.46. The van der Waals surface area contributed by atoms with E-state index >= 15 is 0 Å². The number of hydrogen-bond acceptors (Lipinski definition) is 4. The molecule has 0 spiro atoms. The largest absolute Gasteiger partial charge is 0.342 e.